The van der Waals surface area contributed by atoms with Gasteiger partial charge in [-0.1, -0.05) is 18.2 Å². The maximum Gasteiger partial charge on any atom is 0.408 e. The maximum atomic E-state index is 12.1. The first kappa shape index (κ1) is 18.0. The second-order valence-corrected chi connectivity index (χ2v) is 7.66. The number of hydrogen-bond acceptors (Lipinski definition) is 5. The minimum absolute atomic E-state index is 0.0393. The minimum atomic E-state index is -0.510. The molecule has 1 atom stereocenters. The highest BCUT2D eigenvalue weighted by atomic mass is 16.6. The van der Waals surface area contributed by atoms with Crippen LogP contribution in [-0.4, -0.2) is 16.7 Å². The van der Waals surface area contributed by atoms with Crippen molar-refractivity contribution in [3.8, 4) is 11.1 Å². The summed E-state index contributed by atoms with van der Waals surface area (Å²) in [5.41, 5.74) is 16.1. The zero-order chi connectivity index (χ0) is 18.9. The third kappa shape index (κ3) is 3.90. The first-order chi connectivity index (χ1) is 12.2. The van der Waals surface area contributed by atoms with Crippen LogP contribution in [0.1, 0.15) is 50.8 Å². The molecule has 6 heteroatoms. The zero-order valence-electron chi connectivity index (χ0n) is 15.5. The van der Waals surface area contributed by atoms with E-state index >= 15 is 0 Å². The molecule has 138 valence electrons. The van der Waals surface area contributed by atoms with E-state index in [9.17, 15) is 4.79 Å². The summed E-state index contributed by atoms with van der Waals surface area (Å²) in [5.74, 6) is 0.338. The molecule has 1 aliphatic carbocycles. The molecule has 1 unspecified atom stereocenters. The Hall–Kier alpha value is -2.76. The molecule has 1 aromatic carbocycles. The van der Waals surface area contributed by atoms with Gasteiger partial charge in [-0.3, -0.25) is 0 Å². The number of amides is 1. The van der Waals surface area contributed by atoms with Gasteiger partial charge in [0.2, 0.25) is 0 Å². The Balaban J connectivity index is 1.86. The Bertz CT molecular complexity index is 827. The van der Waals surface area contributed by atoms with Gasteiger partial charge in [-0.05, 0) is 62.8 Å². The van der Waals surface area contributed by atoms with Gasteiger partial charge in [0.25, 0.3) is 0 Å². The quantitative estimate of drug-likeness (QED) is 0.761. The molecule has 1 aromatic heterocycles. The van der Waals surface area contributed by atoms with Gasteiger partial charge in [0, 0.05) is 11.8 Å². The summed E-state index contributed by atoms with van der Waals surface area (Å²) >= 11 is 0. The summed E-state index contributed by atoms with van der Waals surface area (Å²) in [4.78, 5) is 16.2. The Labute approximate surface area is 153 Å². The Morgan fingerprint density at radius 2 is 2.04 bits per heavy atom. The predicted octanol–water partition coefficient (Wildman–Crippen LogP) is 3.82. The largest absolute Gasteiger partial charge is 0.444 e. The van der Waals surface area contributed by atoms with E-state index in [1.807, 2.05) is 32.9 Å². The average Bonchev–Trinajstić information content (AvgIpc) is 2.55. The SMILES string of the molecule is CC(C)(C)OC(=O)NC1CCCc2cc(-c3ccnc(N)c3N)ccc21. The number of rotatable bonds is 2. The van der Waals surface area contributed by atoms with Gasteiger partial charge in [-0.25, -0.2) is 9.78 Å². The summed E-state index contributed by atoms with van der Waals surface area (Å²) < 4.78 is 5.39. The lowest BCUT2D eigenvalue weighted by molar-refractivity contribution is 0.0498. The van der Waals surface area contributed by atoms with E-state index in [0.717, 1.165) is 36.0 Å². The fraction of sp³-hybridized carbons (Fsp3) is 0.400. The summed E-state index contributed by atoms with van der Waals surface area (Å²) in [6.07, 6.45) is 4.15. The number of aryl methyl sites for hydroxylation is 1. The van der Waals surface area contributed by atoms with E-state index in [2.05, 4.69) is 22.4 Å². The van der Waals surface area contributed by atoms with Crippen LogP contribution in [0.5, 0.6) is 0 Å². The van der Waals surface area contributed by atoms with Crippen LogP contribution < -0.4 is 16.8 Å². The molecule has 0 aliphatic heterocycles. The lowest BCUT2D eigenvalue weighted by atomic mass is 9.85. The van der Waals surface area contributed by atoms with Crippen molar-refractivity contribution < 1.29 is 9.53 Å². The topological polar surface area (TPSA) is 103 Å². The summed E-state index contributed by atoms with van der Waals surface area (Å²) in [6, 6.07) is 8.03. The molecule has 5 N–H and O–H groups in total. The molecule has 0 bridgehead atoms. The van der Waals surface area contributed by atoms with Gasteiger partial charge in [0.15, 0.2) is 0 Å². The first-order valence-corrected chi connectivity index (χ1v) is 8.87. The number of carbonyl (C=O) groups is 1. The fourth-order valence-electron chi connectivity index (χ4n) is 3.32. The molecule has 1 heterocycles. The summed E-state index contributed by atoms with van der Waals surface area (Å²) in [6.45, 7) is 5.58. The Morgan fingerprint density at radius 1 is 1.27 bits per heavy atom. The highest BCUT2D eigenvalue weighted by Gasteiger charge is 2.25. The molecule has 2 aromatic rings. The Kier molecular flexibility index (Phi) is 4.76. The number of aromatic nitrogens is 1. The van der Waals surface area contributed by atoms with Crippen molar-refractivity contribution in [2.24, 2.45) is 0 Å². The molecule has 0 saturated heterocycles. The standard InChI is InChI=1S/C20H26N4O2/c1-20(2,3)26-19(25)24-16-6-4-5-12-11-13(7-8-14(12)16)15-9-10-23-18(22)17(15)21/h7-11,16H,4-6,21H2,1-3H3,(H2,22,23)(H,24,25). The molecule has 0 radical (unpaired) electrons. The normalized spacial score (nSPS) is 16.7. The molecular formula is C20H26N4O2. The number of nitrogens with zero attached hydrogens (tertiary/aromatic N) is 1. The smallest absolute Gasteiger partial charge is 0.408 e. The van der Waals surface area contributed by atoms with Crippen molar-refractivity contribution in [3.05, 3.63) is 41.6 Å². The van der Waals surface area contributed by atoms with Crippen LogP contribution in [0, 0.1) is 0 Å². The minimum Gasteiger partial charge on any atom is -0.444 e. The van der Waals surface area contributed by atoms with Crippen LogP contribution in [0.3, 0.4) is 0 Å². The lowest BCUT2D eigenvalue weighted by Gasteiger charge is -2.28. The van der Waals surface area contributed by atoms with Crippen LogP contribution in [0.2, 0.25) is 0 Å². The number of ether oxygens (including phenoxy) is 1. The molecule has 3 rings (SSSR count). The third-order valence-corrected chi connectivity index (χ3v) is 4.48. The number of benzene rings is 1. The highest BCUT2D eigenvalue weighted by molar-refractivity contribution is 5.82. The van der Waals surface area contributed by atoms with E-state index in [1.165, 1.54) is 5.56 Å². The lowest BCUT2D eigenvalue weighted by Crippen LogP contribution is -2.36. The van der Waals surface area contributed by atoms with E-state index in [1.54, 1.807) is 6.20 Å². The van der Waals surface area contributed by atoms with Gasteiger partial charge in [-0.2, -0.15) is 0 Å². The number of nitrogens with two attached hydrogens (primary N) is 2. The summed E-state index contributed by atoms with van der Waals surface area (Å²) in [7, 11) is 0. The molecular weight excluding hydrogens is 328 g/mol. The summed E-state index contributed by atoms with van der Waals surface area (Å²) in [5, 5.41) is 3.00. The highest BCUT2D eigenvalue weighted by Crippen LogP contribution is 2.35. The van der Waals surface area contributed by atoms with Crippen LogP contribution in [0.15, 0.2) is 30.5 Å². The average molecular weight is 354 g/mol. The van der Waals surface area contributed by atoms with E-state index in [0.29, 0.717) is 11.5 Å². The number of anilines is 2. The van der Waals surface area contributed by atoms with Gasteiger partial charge < -0.3 is 21.5 Å². The number of fused-ring (bicyclic) bond motifs is 1. The van der Waals surface area contributed by atoms with Crippen molar-refractivity contribution in [3.63, 3.8) is 0 Å². The van der Waals surface area contributed by atoms with Crippen LogP contribution in [0.25, 0.3) is 11.1 Å². The second kappa shape index (κ2) is 6.86. The Morgan fingerprint density at radius 3 is 2.77 bits per heavy atom. The number of alkyl carbamates (subject to hydrolysis) is 1. The number of hydrogen-bond donors (Lipinski definition) is 3. The van der Waals surface area contributed by atoms with Crippen LogP contribution in [-0.2, 0) is 11.2 Å². The monoisotopic (exact) mass is 354 g/mol. The number of nitrogens with one attached hydrogen (secondary N) is 1. The molecule has 1 aliphatic rings. The fourth-order valence-corrected chi connectivity index (χ4v) is 3.32. The number of carbonyl (C=O) groups excluding carboxylic acids is 1. The van der Waals surface area contributed by atoms with Crippen LogP contribution >= 0.6 is 0 Å². The van der Waals surface area contributed by atoms with Gasteiger partial charge >= 0.3 is 6.09 Å². The maximum absolute atomic E-state index is 12.1. The second-order valence-electron chi connectivity index (χ2n) is 7.66. The molecule has 0 fully saturated rings. The van der Waals surface area contributed by atoms with Crippen LogP contribution in [0.4, 0.5) is 16.3 Å². The zero-order valence-corrected chi connectivity index (χ0v) is 15.5. The number of nitrogen functional groups attached to an aromatic ring is 2. The number of pyridine rings is 1. The van der Waals surface area contributed by atoms with Gasteiger partial charge in [0.1, 0.15) is 11.4 Å². The third-order valence-electron chi connectivity index (χ3n) is 4.48. The van der Waals surface area contributed by atoms with Crippen molar-refractivity contribution in [2.75, 3.05) is 11.5 Å². The van der Waals surface area contributed by atoms with Gasteiger partial charge in [-0.15, -0.1) is 0 Å². The van der Waals surface area contributed by atoms with Crippen molar-refractivity contribution in [2.45, 2.75) is 51.7 Å². The molecule has 0 saturated carbocycles. The molecule has 6 nitrogen and oxygen atoms in total. The van der Waals surface area contributed by atoms with E-state index < -0.39 is 5.60 Å². The molecule has 26 heavy (non-hydrogen) atoms. The van der Waals surface area contributed by atoms with E-state index in [-0.39, 0.29) is 12.1 Å². The van der Waals surface area contributed by atoms with Crippen molar-refractivity contribution in [1.29, 1.82) is 0 Å². The predicted molar refractivity (Wildman–Crippen MR) is 104 cm³/mol. The van der Waals surface area contributed by atoms with Crippen molar-refractivity contribution in [1.82, 2.24) is 10.3 Å². The van der Waals surface area contributed by atoms with E-state index in [4.69, 9.17) is 16.2 Å². The molecule has 1 amide bonds. The first-order valence-electron chi connectivity index (χ1n) is 8.87. The van der Waals surface area contributed by atoms with Gasteiger partial charge in [0.05, 0.1) is 11.7 Å². The van der Waals surface area contributed by atoms with Crippen molar-refractivity contribution >= 4 is 17.6 Å². The molecule has 0 spiro atoms.